The van der Waals surface area contributed by atoms with Gasteiger partial charge < -0.3 is 9.64 Å². The summed E-state index contributed by atoms with van der Waals surface area (Å²) in [4.78, 5) is 17.8. The zero-order valence-electron chi connectivity index (χ0n) is 11.4. The smallest absolute Gasteiger partial charge is 0.255 e. The molecule has 0 aromatic carbocycles. The van der Waals surface area contributed by atoms with E-state index >= 15 is 0 Å². The van der Waals surface area contributed by atoms with Gasteiger partial charge in [0.2, 0.25) is 5.88 Å². The number of amides is 1. The summed E-state index contributed by atoms with van der Waals surface area (Å²) >= 11 is 0. The van der Waals surface area contributed by atoms with Gasteiger partial charge in [0.25, 0.3) is 5.91 Å². The third-order valence-corrected chi connectivity index (χ3v) is 2.55. The molecule has 0 atom stereocenters. The van der Waals surface area contributed by atoms with Crippen molar-refractivity contribution in [2.75, 3.05) is 19.7 Å². The van der Waals surface area contributed by atoms with Gasteiger partial charge in [-0.3, -0.25) is 4.79 Å². The van der Waals surface area contributed by atoms with Crippen LogP contribution in [0.25, 0.3) is 0 Å². The fourth-order valence-corrected chi connectivity index (χ4v) is 1.61. The van der Waals surface area contributed by atoms with Crippen molar-refractivity contribution < 1.29 is 9.53 Å². The topological polar surface area (TPSA) is 90.0 Å². The first-order chi connectivity index (χ1) is 9.72. The van der Waals surface area contributed by atoms with E-state index in [0.717, 1.165) is 0 Å². The Bertz CT molecular complexity index is 495. The zero-order valence-corrected chi connectivity index (χ0v) is 11.4. The van der Waals surface area contributed by atoms with Gasteiger partial charge in [0.05, 0.1) is 37.2 Å². The Morgan fingerprint density at radius 2 is 1.95 bits per heavy atom. The normalized spacial score (nSPS) is 9.35. The first kappa shape index (κ1) is 15.5. The van der Waals surface area contributed by atoms with Crippen LogP contribution in [-0.4, -0.2) is 35.5 Å². The summed E-state index contributed by atoms with van der Waals surface area (Å²) in [6.45, 7) is 2.98. The molecule has 104 valence electrons. The Morgan fingerprint density at radius 3 is 2.40 bits per heavy atom. The molecular formula is C14H16N4O2. The van der Waals surface area contributed by atoms with Crippen LogP contribution in [0.15, 0.2) is 18.3 Å². The number of hydrogen-bond acceptors (Lipinski definition) is 5. The Balaban J connectivity index is 2.77. The number of hydrogen-bond donors (Lipinski definition) is 0. The fraction of sp³-hybridized carbons (Fsp3) is 0.429. The number of ether oxygens (including phenoxy) is 1. The van der Waals surface area contributed by atoms with Gasteiger partial charge in [-0.2, -0.15) is 10.5 Å². The molecule has 0 aliphatic heterocycles. The second kappa shape index (κ2) is 8.49. The number of aromatic nitrogens is 1. The van der Waals surface area contributed by atoms with Gasteiger partial charge in [0.15, 0.2) is 0 Å². The lowest BCUT2D eigenvalue weighted by molar-refractivity contribution is 0.0762. The van der Waals surface area contributed by atoms with E-state index in [9.17, 15) is 4.79 Å². The van der Waals surface area contributed by atoms with Gasteiger partial charge in [-0.1, -0.05) is 0 Å². The predicted molar refractivity (Wildman–Crippen MR) is 71.8 cm³/mol. The van der Waals surface area contributed by atoms with Gasteiger partial charge in [-0.05, 0) is 13.0 Å². The van der Waals surface area contributed by atoms with Gasteiger partial charge in [0, 0.05) is 25.4 Å². The molecular weight excluding hydrogens is 256 g/mol. The summed E-state index contributed by atoms with van der Waals surface area (Å²) in [6.07, 6.45) is 1.92. The van der Waals surface area contributed by atoms with Crippen LogP contribution in [0.3, 0.4) is 0 Å². The van der Waals surface area contributed by atoms with Crippen molar-refractivity contribution in [1.29, 1.82) is 10.5 Å². The lowest BCUT2D eigenvalue weighted by atomic mass is 10.2. The molecule has 0 spiro atoms. The van der Waals surface area contributed by atoms with Crippen LogP contribution in [0.5, 0.6) is 5.88 Å². The third-order valence-electron chi connectivity index (χ3n) is 2.55. The highest BCUT2D eigenvalue weighted by molar-refractivity contribution is 5.94. The summed E-state index contributed by atoms with van der Waals surface area (Å²) in [5.74, 6) is 0.232. The minimum atomic E-state index is -0.231. The van der Waals surface area contributed by atoms with E-state index < -0.39 is 0 Å². The van der Waals surface area contributed by atoms with Crippen LogP contribution in [0.1, 0.15) is 30.1 Å². The minimum absolute atomic E-state index is 0.231. The molecule has 0 aliphatic carbocycles. The molecule has 1 heterocycles. The monoisotopic (exact) mass is 272 g/mol. The van der Waals surface area contributed by atoms with Crippen molar-refractivity contribution in [2.45, 2.75) is 19.8 Å². The summed E-state index contributed by atoms with van der Waals surface area (Å²) in [7, 11) is 0. The SMILES string of the molecule is CCOc1ccc(C(=O)N(CCC#N)CCC#N)cn1. The van der Waals surface area contributed by atoms with Crippen molar-refractivity contribution in [3.05, 3.63) is 23.9 Å². The number of nitrogens with zero attached hydrogens (tertiary/aromatic N) is 4. The molecule has 1 amide bonds. The van der Waals surface area contributed by atoms with E-state index in [1.165, 1.54) is 11.1 Å². The van der Waals surface area contributed by atoms with Gasteiger partial charge >= 0.3 is 0 Å². The van der Waals surface area contributed by atoms with E-state index in [1.54, 1.807) is 12.1 Å². The maximum atomic E-state index is 12.3. The number of pyridine rings is 1. The van der Waals surface area contributed by atoms with E-state index in [4.69, 9.17) is 15.3 Å². The molecule has 6 heteroatoms. The maximum absolute atomic E-state index is 12.3. The van der Waals surface area contributed by atoms with Gasteiger partial charge in [-0.15, -0.1) is 0 Å². The average Bonchev–Trinajstić information content (AvgIpc) is 2.48. The molecule has 0 saturated carbocycles. The zero-order chi connectivity index (χ0) is 14.8. The summed E-state index contributed by atoms with van der Waals surface area (Å²) in [6, 6.07) is 7.25. The lowest BCUT2D eigenvalue weighted by Gasteiger charge is -2.20. The Kier molecular flexibility index (Phi) is 6.56. The molecule has 1 aromatic rings. The summed E-state index contributed by atoms with van der Waals surface area (Å²) < 4.78 is 5.21. The molecule has 20 heavy (non-hydrogen) atoms. The molecule has 0 unspecified atom stereocenters. The number of nitriles is 2. The molecule has 0 aliphatic rings. The molecule has 0 N–H and O–H groups in total. The number of carbonyl (C=O) groups is 1. The molecule has 0 saturated heterocycles. The Labute approximate surface area is 118 Å². The highest BCUT2D eigenvalue weighted by Gasteiger charge is 2.15. The summed E-state index contributed by atoms with van der Waals surface area (Å²) in [5.41, 5.74) is 0.421. The molecule has 0 bridgehead atoms. The molecule has 1 aromatic heterocycles. The van der Waals surface area contributed by atoms with Crippen LogP contribution in [0.2, 0.25) is 0 Å². The van der Waals surface area contributed by atoms with Crippen molar-refractivity contribution in [3.63, 3.8) is 0 Å². The van der Waals surface area contributed by atoms with Crippen LogP contribution in [0.4, 0.5) is 0 Å². The predicted octanol–water partition coefficient (Wildman–Crippen LogP) is 1.75. The van der Waals surface area contributed by atoms with Crippen LogP contribution >= 0.6 is 0 Å². The molecule has 0 radical (unpaired) electrons. The van der Waals surface area contributed by atoms with Crippen LogP contribution in [0, 0.1) is 22.7 Å². The lowest BCUT2D eigenvalue weighted by Crippen LogP contribution is -2.32. The van der Waals surface area contributed by atoms with E-state index in [0.29, 0.717) is 31.1 Å². The van der Waals surface area contributed by atoms with E-state index in [2.05, 4.69) is 4.98 Å². The Morgan fingerprint density at radius 1 is 1.30 bits per heavy atom. The highest BCUT2D eigenvalue weighted by Crippen LogP contribution is 2.10. The van der Waals surface area contributed by atoms with Crippen molar-refractivity contribution in [1.82, 2.24) is 9.88 Å². The van der Waals surface area contributed by atoms with Crippen molar-refractivity contribution >= 4 is 5.91 Å². The first-order valence-corrected chi connectivity index (χ1v) is 6.35. The van der Waals surface area contributed by atoms with Crippen LogP contribution in [-0.2, 0) is 0 Å². The van der Waals surface area contributed by atoms with Crippen molar-refractivity contribution in [3.8, 4) is 18.0 Å². The minimum Gasteiger partial charge on any atom is -0.478 e. The van der Waals surface area contributed by atoms with Gasteiger partial charge in [-0.25, -0.2) is 4.98 Å². The average molecular weight is 272 g/mol. The molecule has 6 nitrogen and oxygen atoms in total. The molecule has 1 rings (SSSR count). The summed E-state index contributed by atoms with van der Waals surface area (Å²) in [5, 5.41) is 17.2. The third kappa shape index (κ3) is 4.58. The highest BCUT2D eigenvalue weighted by atomic mass is 16.5. The van der Waals surface area contributed by atoms with Crippen molar-refractivity contribution in [2.24, 2.45) is 0 Å². The molecule has 0 fully saturated rings. The van der Waals surface area contributed by atoms with Gasteiger partial charge in [0.1, 0.15) is 0 Å². The second-order valence-corrected chi connectivity index (χ2v) is 3.93. The van der Waals surface area contributed by atoms with Crippen LogP contribution < -0.4 is 4.74 Å². The first-order valence-electron chi connectivity index (χ1n) is 6.35. The Hall–Kier alpha value is -2.60. The largest absolute Gasteiger partial charge is 0.478 e. The quantitative estimate of drug-likeness (QED) is 0.754. The second-order valence-electron chi connectivity index (χ2n) is 3.93. The number of carbonyl (C=O) groups excluding carboxylic acids is 1. The number of rotatable bonds is 7. The van der Waals surface area contributed by atoms with E-state index in [-0.39, 0.29) is 18.7 Å². The standard InChI is InChI=1S/C14H16N4O2/c1-2-20-13-6-5-12(11-17-13)14(19)18(9-3-7-15)10-4-8-16/h5-6,11H,2-4,9-10H2,1H3. The fourth-order valence-electron chi connectivity index (χ4n) is 1.61. The van der Waals surface area contributed by atoms with E-state index in [1.807, 2.05) is 19.1 Å². The maximum Gasteiger partial charge on any atom is 0.255 e.